The first-order valence-electron chi connectivity index (χ1n) is 6.19. The molecule has 1 unspecified atom stereocenters. The van der Waals surface area contributed by atoms with Gasteiger partial charge >= 0.3 is 0 Å². The molecule has 0 radical (unpaired) electrons. The SMILES string of the molecule is Clc1ccccc1Cn1cnnc1C1CCCN1. The summed E-state index contributed by atoms with van der Waals surface area (Å²) in [5.41, 5.74) is 1.10. The highest BCUT2D eigenvalue weighted by Gasteiger charge is 2.21. The smallest absolute Gasteiger partial charge is 0.150 e. The van der Waals surface area contributed by atoms with Crippen LogP contribution in [0.25, 0.3) is 0 Å². The summed E-state index contributed by atoms with van der Waals surface area (Å²) in [4.78, 5) is 0. The molecule has 18 heavy (non-hydrogen) atoms. The normalized spacial score (nSPS) is 19.3. The second kappa shape index (κ2) is 5.08. The van der Waals surface area contributed by atoms with E-state index in [1.807, 2.05) is 24.3 Å². The highest BCUT2D eigenvalue weighted by atomic mass is 35.5. The minimum absolute atomic E-state index is 0.329. The molecule has 0 bridgehead atoms. The second-order valence-corrected chi connectivity index (χ2v) is 4.96. The first kappa shape index (κ1) is 11.7. The standard InChI is InChI=1S/C13H15ClN4/c14-11-5-2-1-4-10(11)8-18-9-16-17-13(18)12-6-3-7-15-12/h1-2,4-5,9,12,15H,3,6-8H2. The van der Waals surface area contributed by atoms with Crippen molar-refractivity contribution in [3.8, 4) is 0 Å². The van der Waals surface area contributed by atoms with E-state index in [2.05, 4.69) is 20.1 Å². The number of nitrogens with one attached hydrogen (secondary N) is 1. The lowest BCUT2D eigenvalue weighted by atomic mass is 10.2. The predicted octanol–water partition coefficient (Wildman–Crippen LogP) is 2.40. The van der Waals surface area contributed by atoms with Crippen molar-refractivity contribution in [1.82, 2.24) is 20.1 Å². The number of hydrogen-bond acceptors (Lipinski definition) is 3. The summed E-state index contributed by atoms with van der Waals surface area (Å²) in [6, 6.07) is 8.22. The van der Waals surface area contributed by atoms with E-state index in [0.29, 0.717) is 6.04 Å². The first-order chi connectivity index (χ1) is 8.84. The molecule has 1 aliphatic rings. The van der Waals surface area contributed by atoms with Gasteiger partial charge in [0.2, 0.25) is 0 Å². The zero-order valence-electron chi connectivity index (χ0n) is 10.0. The van der Waals surface area contributed by atoms with Crippen LogP contribution in [0.5, 0.6) is 0 Å². The maximum absolute atomic E-state index is 6.18. The van der Waals surface area contributed by atoms with Crippen LogP contribution in [0.2, 0.25) is 5.02 Å². The average molecular weight is 263 g/mol. The lowest BCUT2D eigenvalue weighted by Crippen LogP contribution is -2.18. The number of benzene rings is 1. The van der Waals surface area contributed by atoms with Crippen LogP contribution in [-0.4, -0.2) is 21.3 Å². The van der Waals surface area contributed by atoms with Crippen molar-refractivity contribution in [2.45, 2.75) is 25.4 Å². The van der Waals surface area contributed by atoms with E-state index in [9.17, 15) is 0 Å². The van der Waals surface area contributed by atoms with E-state index < -0.39 is 0 Å². The molecule has 94 valence electrons. The van der Waals surface area contributed by atoms with E-state index in [4.69, 9.17) is 11.6 Å². The van der Waals surface area contributed by atoms with Gasteiger partial charge in [-0.25, -0.2) is 0 Å². The Labute approximate surface area is 111 Å². The van der Waals surface area contributed by atoms with Crippen molar-refractivity contribution in [3.63, 3.8) is 0 Å². The molecular formula is C13H15ClN4. The quantitative estimate of drug-likeness (QED) is 0.924. The van der Waals surface area contributed by atoms with Gasteiger partial charge in [-0.05, 0) is 31.0 Å². The highest BCUT2D eigenvalue weighted by molar-refractivity contribution is 6.31. The van der Waals surface area contributed by atoms with E-state index in [1.54, 1.807) is 6.33 Å². The maximum atomic E-state index is 6.18. The Morgan fingerprint density at radius 1 is 1.39 bits per heavy atom. The van der Waals surface area contributed by atoms with Crippen molar-refractivity contribution in [3.05, 3.63) is 47.0 Å². The highest BCUT2D eigenvalue weighted by Crippen LogP contribution is 2.23. The van der Waals surface area contributed by atoms with Crippen molar-refractivity contribution < 1.29 is 0 Å². The molecule has 0 aliphatic carbocycles. The zero-order chi connectivity index (χ0) is 12.4. The monoisotopic (exact) mass is 262 g/mol. The predicted molar refractivity (Wildman–Crippen MR) is 70.6 cm³/mol. The Bertz CT molecular complexity index is 531. The third kappa shape index (κ3) is 2.26. The van der Waals surface area contributed by atoms with Gasteiger partial charge in [0.25, 0.3) is 0 Å². The van der Waals surface area contributed by atoms with E-state index >= 15 is 0 Å². The number of halogens is 1. The Morgan fingerprint density at radius 2 is 2.28 bits per heavy atom. The molecule has 5 heteroatoms. The molecule has 1 saturated heterocycles. The Morgan fingerprint density at radius 3 is 3.06 bits per heavy atom. The van der Waals surface area contributed by atoms with E-state index in [0.717, 1.165) is 35.9 Å². The molecule has 1 aromatic carbocycles. The van der Waals surface area contributed by atoms with Crippen LogP contribution in [0.3, 0.4) is 0 Å². The molecule has 4 nitrogen and oxygen atoms in total. The van der Waals surface area contributed by atoms with Crippen molar-refractivity contribution in [2.24, 2.45) is 0 Å². The van der Waals surface area contributed by atoms with Gasteiger partial charge in [0, 0.05) is 5.02 Å². The summed E-state index contributed by atoms with van der Waals surface area (Å²) in [7, 11) is 0. The van der Waals surface area contributed by atoms with E-state index in [1.165, 1.54) is 6.42 Å². The van der Waals surface area contributed by atoms with Gasteiger partial charge in [0.1, 0.15) is 12.2 Å². The lowest BCUT2D eigenvalue weighted by Gasteiger charge is -2.12. The van der Waals surface area contributed by atoms with Crippen LogP contribution in [-0.2, 0) is 6.54 Å². The van der Waals surface area contributed by atoms with Gasteiger partial charge in [-0.1, -0.05) is 29.8 Å². The van der Waals surface area contributed by atoms with Crippen LogP contribution in [0, 0.1) is 0 Å². The van der Waals surface area contributed by atoms with E-state index in [-0.39, 0.29) is 0 Å². The molecule has 1 atom stereocenters. The molecule has 0 amide bonds. The second-order valence-electron chi connectivity index (χ2n) is 4.56. The summed E-state index contributed by atoms with van der Waals surface area (Å²) in [6.07, 6.45) is 4.10. The fourth-order valence-corrected chi connectivity index (χ4v) is 2.57. The summed E-state index contributed by atoms with van der Waals surface area (Å²) >= 11 is 6.18. The van der Waals surface area contributed by atoms with Crippen LogP contribution >= 0.6 is 11.6 Å². The van der Waals surface area contributed by atoms with Crippen LogP contribution < -0.4 is 5.32 Å². The molecule has 0 saturated carbocycles. The molecule has 2 heterocycles. The molecule has 0 spiro atoms. The van der Waals surface area contributed by atoms with Gasteiger partial charge in [0.05, 0.1) is 12.6 Å². The largest absolute Gasteiger partial charge is 0.312 e. The molecule has 1 aliphatic heterocycles. The number of aromatic nitrogens is 3. The maximum Gasteiger partial charge on any atom is 0.150 e. The fourth-order valence-electron chi connectivity index (χ4n) is 2.37. The molecule has 1 aromatic heterocycles. The molecule has 3 rings (SSSR count). The van der Waals surface area contributed by atoms with Crippen molar-refractivity contribution in [1.29, 1.82) is 0 Å². The average Bonchev–Trinajstić information content (AvgIpc) is 3.02. The van der Waals surface area contributed by atoms with Gasteiger partial charge in [-0.2, -0.15) is 0 Å². The third-order valence-electron chi connectivity index (χ3n) is 3.32. The Balaban J connectivity index is 1.85. The van der Waals surface area contributed by atoms with Crippen molar-refractivity contribution in [2.75, 3.05) is 6.54 Å². The van der Waals surface area contributed by atoms with Gasteiger partial charge in [0.15, 0.2) is 0 Å². The van der Waals surface area contributed by atoms with Gasteiger partial charge in [-0.15, -0.1) is 10.2 Å². The molecular weight excluding hydrogens is 248 g/mol. The number of nitrogens with zero attached hydrogens (tertiary/aromatic N) is 3. The van der Waals surface area contributed by atoms with Crippen LogP contribution in [0.1, 0.15) is 30.3 Å². The Kier molecular flexibility index (Phi) is 3.30. The third-order valence-corrected chi connectivity index (χ3v) is 3.68. The minimum Gasteiger partial charge on any atom is -0.312 e. The lowest BCUT2D eigenvalue weighted by molar-refractivity contribution is 0.564. The summed E-state index contributed by atoms with van der Waals surface area (Å²) in [6.45, 7) is 1.78. The minimum atomic E-state index is 0.329. The van der Waals surface area contributed by atoms with Gasteiger partial charge < -0.3 is 9.88 Å². The fraction of sp³-hybridized carbons (Fsp3) is 0.385. The van der Waals surface area contributed by atoms with Crippen molar-refractivity contribution >= 4 is 11.6 Å². The number of hydrogen-bond donors (Lipinski definition) is 1. The summed E-state index contributed by atoms with van der Waals surface area (Å²) in [5.74, 6) is 1.01. The van der Waals surface area contributed by atoms with Gasteiger partial charge in [-0.3, -0.25) is 0 Å². The molecule has 1 N–H and O–H groups in total. The molecule has 1 fully saturated rings. The first-order valence-corrected chi connectivity index (χ1v) is 6.57. The zero-order valence-corrected chi connectivity index (χ0v) is 10.8. The summed E-state index contributed by atoms with van der Waals surface area (Å²) < 4.78 is 2.07. The van der Waals surface area contributed by atoms with Crippen LogP contribution in [0.4, 0.5) is 0 Å². The molecule has 2 aromatic rings. The topological polar surface area (TPSA) is 42.7 Å². The number of rotatable bonds is 3. The summed E-state index contributed by atoms with van der Waals surface area (Å²) in [5, 5.41) is 12.5. The Hall–Kier alpha value is -1.39. The van der Waals surface area contributed by atoms with Crippen LogP contribution in [0.15, 0.2) is 30.6 Å².